The van der Waals surface area contributed by atoms with Gasteiger partial charge in [-0.1, -0.05) is 6.58 Å². The molecule has 0 unspecified atom stereocenters. The van der Waals surface area contributed by atoms with Crippen molar-refractivity contribution < 1.29 is 4.79 Å². The molecule has 1 amide bonds. The summed E-state index contributed by atoms with van der Waals surface area (Å²) in [5, 5.41) is 2.76. The van der Waals surface area contributed by atoms with Crippen LogP contribution in [0.5, 0.6) is 0 Å². The van der Waals surface area contributed by atoms with Gasteiger partial charge in [0, 0.05) is 13.1 Å². The van der Waals surface area contributed by atoms with Crippen LogP contribution in [-0.2, 0) is 4.79 Å². The van der Waals surface area contributed by atoms with E-state index in [1.54, 1.807) is 18.5 Å². The molecule has 2 rings (SSSR count). The Labute approximate surface area is 87.8 Å². The van der Waals surface area contributed by atoms with Gasteiger partial charge in [0.1, 0.15) is 5.82 Å². The summed E-state index contributed by atoms with van der Waals surface area (Å²) in [6, 6.07) is 0. The van der Waals surface area contributed by atoms with E-state index >= 15 is 0 Å². The fourth-order valence-electron chi connectivity index (χ4n) is 1.43. The van der Waals surface area contributed by atoms with Crippen molar-refractivity contribution in [1.29, 1.82) is 0 Å². The number of nitrogens with zero attached hydrogens (tertiary/aromatic N) is 3. The highest BCUT2D eigenvalue weighted by Gasteiger charge is 2.17. The van der Waals surface area contributed by atoms with Crippen LogP contribution in [0.3, 0.4) is 0 Å². The molecule has 78 valence electrons. The number of hydrogen-bond donors (Lipinski definition) is 1. The smallest absolute Gasteiger partial charge is 0.239 e. The molecular formula is C10H12N4O. The van der Waals surface area contributed by atoms with Crippen LogP contribution in [0.15, 0.2) is 19.0 Å². The van der Waals surface area contributed by atoms with Crippen LogP contribution >= 0.6 is 0 Å². The van der Waals surface area contributed by atoms with Crippen molar-refractivity contribution in [3.8, 4) is 0 Å². The van der Waals surface area contributed by atoms with Gasteiger partial charge in [0.25, 0.3) is 0 Å². The Morgan fingerprint density at radius 2 is 2.33 bits per heavy atom. The van der Waals surface area contributed by atoms with Gasteiger partial charge in [0.05, 0.1) is 24.6 Å². The summed E-state index contributed by atoms with van der Waals surface area (Å²) in [6.07, 6.45) is 4.95. The second-order valence-corrected chi connectivity index (χ2v) is 3.28. The summed E-state index contributed by atoms with van der Waals surface area (Å²) in [4.78, 5) is 21.4. The lowest BCUT2D eigenvalue weighted by Crippen LogP contribution is -2.48. The number of amides is 1. The molecule has 2 heterocycles. The lowest BCUT2D eigenvalue weighted by molar-refractivity contribution is -0.120. The number of rotatable bonds is 2. The molecule has 0 atom stereocenters. The summed E-state index contributed by atoms with van der Waals surface area (Å²) < 4.78 is 0. The molecule has 1 aliphatic heterocycles. The highest BCUT2D eigenvalue weighted by atomic mass is 16.2. The number of piperazine rings is 1. The van der Waals surface area contributed by atoms with Gasteiger partial charge >= 0.3 is 0 Å². The highest BCUT2D eigenvalue weighted by molar-refractivity contribution is 5.82. The highest BCUT2D eigenvalue weighted by Crippen LogP contribution is 2.09. The predicted octanol–water partition coefficient (Wildman–Crippen LogP) is 0.0558. The Morgan fingerprint density at radius 1 is 1.47 bits per heavy atom. The van der Waals surface area contributed by atoms with Gasteiger partial charge in [0.15, 0.2) is 0 Å². The van der Waals surface area contributed by atoms with Crippen molar-refractivity contribution in [2.45, 2.75) is 0 Å². The lowest BCUT2D eigenvalue weighted by Gasteiger charge is -2.27. The van der Waals surface area contributed by atoms with E-state index in [-0.39, 0.29) is 5.91 Å². The van der Waals surface area contributed by atoms with E-state index in [2.05, 4.69) is 21.9 Å². The van der Waals surface area contributed by atoms with Crippen molar-refractivity contribution in [1.82, 2.24) is 15.3 Å². The van der Waals surface area contributed by atoms with Crippen LogP contribution in [0.1, 0.15) is 5.69 Å². The van der Waals surface area contributed by atoms with Crippen molar-refractivity contribution in [3.05, 3.63) is 24.7 Å². The van der Waals surface area contributed by atoms with E-state index in [4.69, 9.17) is 0 Å². The van der Waals surface area contributed by atoms with E-state index in [1.807, 2.05) is 4.90 Å². The minimum Gasteiger partial charge on any atom is -0.353 e. The van der Waals surface area contributed by atoms with Crippen LogP contribution in [0.25, 0.3) is 6.08 Å². The Bertz CT molecular complexity index is 374. The van der Waals surface area contributed by atoms with Crippen molar-refractivity contribution in [2.75, 3.05) is 24.5 Å². The first-order chi connectivity index (χ1) is 7.29. The molecule has 1 aliphatic rings. The summed E-state index contributed by atoms with van der Waals surface area (Å²) in [7, 11) is 0. The lowest BCUT2D eigenvalue weighted by atomic mass is 10.3. The summed E-state index contributed by atoms with van der Waals surface area (Å²) in [6.45, 7) is 5.38. The van der Waals surface area contributed by atoms with Crippen LogP contribution in [0, 0.1) is 0 Å². The van der Waals surface area contributed by atoms with E-state index in [1.165, 1.54) is 0 Å². The maximum Gasteiger partial charge on any atom is 0.239 e. The fourth-order valence-corrected chi connectivity index (χ4v) is 1.43. The first-order valence-corrected chi connectivity index (χ1v) is 4.76. The molecule has 1 fully saturated rings. The van der Waals surface area contributed by atoms with Gasteiger partial charge in [0.2, 0.25) is 5.91 Å². The first-order valence-electron chi connectivity index (χ1n) is 4.76. The summed E-state index contributed by atoms with van der Waals surface area (Å²) in [5.74, 6) is 0.756. The number of hydrogen-bond acceptors (Lipinski definition) is 4. The molecule has 0 saturated carbocycles. The van der Waals surface area contributed by atoms with Crippen LogP contribution in [0.2, 0.25) is 0 Å². The molecule has 0 aliphatic carbocycles. The van der Waals surface area contributed by atoms with E-state index < -0.39 is 0 Å². The zero-order valence-electron chi connectivity index (χ0n) is 8.31. The molecule has 0 bridgehead atoms. The van der Waals surface area contributed by atoms with Crippen LogP contribution < -0.4 is 10.2 Å². The first kappa shape index (κ1) is 9.64. The molecule has 0 spiro atoms. The zero-order chi connectivity index (χ0) is 10.7. The molecule has 5 nitrogen and oxygen atoms in total. The van der Waals surface area contributed by atoms with E-state index in [0.29, 0.717) is 13.1 Å². The molecule has 0 radical (unpaired) electrons. The van der Waals surface area contributed by atoms with Gasteiger partial charge in [-0.3, -0.25) is 9.78 Å². The molecule has 0 aromatic carbocycles. The predicted molar refractivity (Wildman–Crippen MR) is 57.3 cm³/mol. The van der Waals surface area contributed by atoms with Gasteiger partial charge < -0.3 is 10.2 Å². The monoisotopic (exact) mass is 204 g/mol. The topological polar surface area (TPSA) is 58.1 Å². The number of carbonyl (C=O) groups is 1. The fraction of sp³-hybridized carbons (Fsp3) is 0.300. The third-order valence-electron chi connectivity index (χ3n) is 2.23. The Morgan fingerprint density at radius 3 is 2.93 bits per heavy atom. The molecule has 15 heavy (non-hydrogen) atoms. The molecule has 1 N–H and O–H groups in total. The second-order valence-electron chi connectivity index (χ2n) is 3.28. The van der Waals surface area contributed by atoms with Gasteiger partial charge in [-0.25, -0.2) is 4.98 Å². The van der Waals surface area contributed by atoms with Gasteiger partial charge in [-0.2, -0.15) is 0 Å². The largest absolute Gasteiger partial charge is 0.353 e. The molecular weight excluding hydrogens is 192 g/mol. The average Bonchev–Trinajstić information content (AvgIpc) is 2.29. The molecule has 1 aromatic heterocycles. The van der Waals surface area contributed by atoms with Gasteiger partial charge in [-0.15, -0.1) is 0 Å². The van der Waals surface area contributed by atoms with Crippen LogP contribution in [-0.4, -0.2) is 35.5 Å². The molecule has 1 saturated heterocycles. The SMILES string of the molecule is C=Cc1cnc(N2CCNC(=O)C2)cn1. The Kier molecular flexibility index (Phi) is 2.62. The Hall–Kier alpha value is -1.91. The summed E-state index contributed by atoms with van der Waals surface area (Å²) in [5.41, 5.74) is 0.736. The maximum atomic E-state index is 11.2. The number of aromatic nitrogens is 2. The third-order valence-corrected chi connectivity index (χ3v) is 2.23. The Balaban J connectivity index is 2.14. The molecule has 1 aromatic rings. The van der Waals surface area contributed by atoms with Crippen molar-refractivity contribution in [3.63, 3.8) is 0 Å². The summed E-state index contributed by atoms with van der Waals surface area (Å²) >= 11 is 0. The van der Waals surface area contributed by atoms with Crippen LogP contribution in [0.4, 0.5) is 5.82 Å². The van der Waals surface area contributed by atoms with E-state index in [9.17, 15) is 4.79 Å². The van der Waals surface area contributed by atoms with Crippen molar-refractivity contribution in [2.24, 2.45) is 0 Å². The quantitative estimate of drug-likeness (QED) is 0.740. The second kappa shape index (κ2) is 4.08. The number of anilines is 1. The number of carbonyl (C=O) groups excluding carboxylic acids is 1. The normalized spacial score (nSPS) is 16.0. The maximum absolute atomic E-state index is 11.2. The molecule has 5 heteroatoms. The van der Waals surface area contributed by atoms with Crippen molar-refractivity contribution >= 4 is 17.8 Å². The number of nitrogens with one attached hydrogen (secondary N) is 1. The minimum absolute atomic E-state index is 0.0239. The van der Waals surface area contributed by atoms with Gasteiger partial charge in [-0.05, 0) is 6.08 Å². The van der Waals surface area contributed by atoms with E-state index in [0.717, 1.165) is 18.1 Å². The standard InChI is InChI=1S/C10H12N4O/c1-2-8-5-13-9(6-12-8)14-4-3-11-10(15)7-14/h2,5-6H,1,3-4,7H2,(H,11,15). The third kappa shape index (κ3) is 2.12. The minimum atomic E-state index is 0.0239. The average molecular weight is 204 g/mol. The zero-order valence-corrected chi connectivity index (χ0v) is 8.31.